The molecule has 0 saturated heterocycles. The molecular weight excluding hydrogens is 407 g/mol. The molecule has 0 atom stereocenters. The number of ether oxygens (including phenoxy) is 1. The van der Waals surface area contributed by atoms with Gasteiger partial charge in [-0.15, -0.1) is 0 Å². The summed E-state index contributed by atoms with van der Waals surface area (Å²) in [5, 5.41) is 19.1. The van der Waals surface area contributed by atoms with E-state index >= 15 is 0 Å². The van der Waals surface area contributed by atoms with Crippen LogP contribution in [0.15, 0.2) is 54.6 Å². The molecule has 0 radical (unpaired) electrons. The van der Waals surface area contributed by atoms with Crippen LogP contribution in [-0.4, -0.2) is 31.3 Å². The molecule has 3 N–H and O–H groups in total. The van der Waals surface area contributed by atoms with Crippen LogP contribution >= 0.6 is 23.2 Å². The van der Waals surface area contributed by atoms with Crippen molar-refractivity contribution in [1.82, 2.24) is 10.6 Å². The number of rotatable bonds is 11. The summed E-state index contributed by atoms with van der Waals surface area (Å²) >= 11 is 12.3. The van der Waals surface area contributed by atoms with Crippen molar-refractivity contribution in [3.8, 4) is 5.75 Å². The SMILES string of the molecule is OCCNCCCNCc1c(OCc2ccc(Cl)cc2Cl)ccc2ccccc12. The van der Waals surface area contributed by atoms with Crippen molar-refractivity contribution in [2.45, 2.75) is 19.6 Å². The van der Waals surface area contributed by atoms with Crippen molar-refractivity contribution < 1.29 is 9.84 Å². The summed E-state index contributed by atoms with van der Waals surface area (Å²) in [5.74, 6) is 0.848. The first-order valence-corrected chi connectivity index (χ1v) is 10.5. The van der Waals surface area contributed by atoms with Crippen molar-refractivity contribution in [3.05, 3.63) is 75.8 Å². The van der Waals surface area contributed by atoms with Crippen LogP contribution in [0.25, 0.3) is 10.8 Å². The van der Waals surface area contributed by atoms with Gasteiger partial charge in [0, 0.05) is 34.3 Å². The van der Waals surface area contributed by atoms with Gasteiger partial charge in [0.2, 0.25) is 0 Å². The Labute approximate surface area is 181 Å². The number of hydrogen-bond acceptors (Lipinski definition) is 4. The Hall–Kier alpha value is -1.82. The molecule has 0 aromatic heterocycles. The topological polar surface area (TPSA) is 53.5 Å². The highest BCUT2D eigenvalue weighted by atomic mass is 35.5. The van der Waals surface area contributed by atoms with Crippen LogP contribution in [-0.2, 0) is 13.2 Å². The van der Waals surface area contributed by atoms with Crippen molar-refractivity contribution in [2.24, 2.45) is 0 Å². The van der Waals surface area contributed by atoms with Crippen LogP contribution in [0.4, 0.5) is 0 Å². The van der Waals surface area contributed by atoms with Crippen LogP contribution in [0.3, 0.4) is 0 Å². The lowest BCUT2D eigenvalue weighted by Crippen LogP contribution is -2.24. The number of nitrogens with one attached hydrogen (secondary N) is 2. The quantitative estimate of drug-likeness (QED) is 0.381. The lowest BCUT2D eigenvalue weighted by Gasteiger charge is -2.16. The van der Waals surface area contributed by atoms with Gasteiger partial charge in [0.15, 0.2) is 0 Å². The van der Waals surface area contributed by atoms with E-state index in [1.165, 1.54) is 10.8 Å². The summed E-state index contributed by atoms with van der Waals surface area (Å²) in [4.78, 5) is 0. The zero-order valence-electron chi connectivity index (χ0n) is 16.3. The van der Waals surface area contributed by atoms with Crippen LogP contribution in [0, 0.1) is 0 Å². The largest absolute Gasteiger partial charge is 0.488 e. The van der Waals surface area contributed by atoms with Gasteiger partial charge in [-0.3, -0.25) is 0 Å². The number of aliphatic hydroxyl groups excluding tert-OH is 1. The highest BCUT2D eigenvalue weighted by molar-refractivity contribution is 6.35. The molecule has 154 valence electrons. The van der Waals surface area contributed by atoms with Gasteiger partial charge in [0.1, 0.15) is 12.4 Å². The summed E-state index contributed by atoms with van der Waals surface area (Å²) in [6.45, 7) is 3.65. The Bertz CT molecular complexity index is 934. The normalized spacial score (nSPS) is 11.1. The summed E-state index contributed by atoms with van der Waals surface area (Å²) in [5.41, 5.74) is 2.04. The van der Waals surface area contributed by atoms with Gasteiger partial charge in [-0.25, -0.2) is 0 Å². The average Bonchev–Trinajstić information content (AvgIpc) is 2.73. The van der Waals surface area contributed by atoms with E-state index in [-0.39, 0.29) is 6.61 Å². The Morgan fingerprint density at radius 2 is 1.72 bits per heavy atom. The molecule has 29 heavy (non-hydrogen) atoms. The maximum Gasteiger partial charge on any atom is 0.124 e. The van der Waals surface area contributed by atoms with E-state index in [4.69, 9.17) is 33.0 Å². The number of hydrogen-bond donors (Lipinski definition) is 3. The molecule has 0 aliphatic heterocycles. The minimum absolute atomic E-state index is 0.168. The van der Waals surface area contributed by atoms with E-state index in [0.717, 1.165) is 36.4 Å². The predicted octanol–water partition coefficient (Wildman–Crippen LogP) is 4.79. The Morgan fingerprint density at radius 1 is 0.897 bits per heavy atom. The van der Waals surface area contributed by atoms with Crippen LogP contribution in [0.5, 0.6) is 5.75 Å². The molecule has 0 aliphatic carbocycles. The molecular formula is C23H26Cl2N2O2. The first kappa shape index (κ1) is 21.9. The monoisotopic (exact) mass is 432 g/mol. The predicted molar refractivity (Wildman–Crippen MR) is 121 cm³/mol. The molecule has 0 saturated carbocycles. The summed E-state index contributed by atoms with van der Waals surface area (Å²) < 4.78 is 6.15. The number of halogens is 2. The zero-order chi connectivity index (χ0) is 20.5. The molecule has 0 unspecified atom stereocenters. The van der Waals surface area contributed by atoms with E-state index in [9.17, 15) is 0 Å². The zero-order valence-corrected chi connectivity index (χ0v) is 17.8. The molecule has 4 nitrogen and oxygen atoms in total. The third-order valence-corrected chi connectivity index (χ3v) is 5.28. The molecule has 0 heterocycles. The van der Waals surface area contributed by atoms with Gasteiger partial charge in [-0.1, -0.05) is 59.6 Å². The second-order valence-electron chi connectivity index (χ2n) is 6.79. The Morgan fingerprint density at radius 3 is 2.55 bits per heavy atom. The fourth-order valence-electron chi connectivity index (χ4n) is 3.18. The van der Waals surface area contributed by atoms with Crippen molar-refractivity contribution >= 4 is 34.0 Å². The molecule has 0 fully saturated rings. The molecule has 6 heteroatoms. The summed E-state index contributed by atoms with van der Waals surface area (Å²) in [7, 11) is 0. The molecule has 0 aliphatic rings. The van der Waals surface area contributed by atoms with Gasteiger partial charge >= 0.3 is 0 Å². The molecule has 3 aromatic rings. The van der Waals surface area contributed by atoms with E-state index in [0.29, 0.717) is 29.7 Å². The summed E-state index contributed by atoms with van der Waals surface area (Å²) in [6.07, 6.45) is 0.987. The first-order chi connectivity index (χ1) is 14.2. The van der Waals surface area contributed by atoms with Crippen LogP contribution in [0.1, 0.15) is 17.5 Å². The maximum atomic E-state index is 8.81. The number of benzene rings is 3. The van der Waals surface area contributed by atoms with Crippen LogP contribution < -0.4 is 15.4 Å². The molecule has 3 aromatic carbocycles. The smallest absolute Gasteiger partial charge is 0.124 e. The first-order valence-electron chi connectivity index (χ1n) is 9.78. The van der Waals surface area contributed by atoms with Gasteiger partial charge < -0.3 is 20.5 Å². The highest BCUT2D eigenvalue weighted by Crippen LogP contribution is 2.30. The molecule has 0 spiro atoms. The standard InChI is InChI=1S/C23H26Cl2N2O2/c24-19-8-6-18(22(25)14-19)16-29-23-9-7-17-4-1-2-5-20(17)21(23)15-27-11-3-10-26-12-13-28/h1-2,4-9,14,26-28H,3,10-13,15-16H2. The minimum Gasteiger partial charge on any atom is -0.488 e. The molecule has 0 amide bonds. The summed E-state index contributed by atoms with van der Waals surface area (Å²) in [6, 6.07) is 17.9. The fraction of sp³-hybridized carbons (Fsp3) is 0.304. The Balaban J connectivity index is 1.70. The maximum absolute atomic E-state index is 8.81. The third kappa shape index (κ3) is 6.33. The highest BCUT2D eigenvalue weighted by Gasteiger charge is 2.10. The second-order valence-corrected chi connectivity index (χ2v) is 7.64. The molecule has 0 bridgehead atoms. The lowest BCUT2D eigenvalue weighted by molar-refractivity contribution is 0.292. The second kappa shape index (κ2) is 11.4. The van der Waals surface area contributed by atoms with Crippen molar-refractivity contribution in [3.63, 3.8) is 0 Å². The van der Waals surface area contributed by atoms with E-state index in [1.54, 1.807) is 6.07 Å². The van der Waals surface area contributed by atoms with Gasteiger partial charge in [-0.2, -0.15) is 0 Å². The van der Waals surface area contributed by atoms with Gasteiger partial charge in [-0.05, 0) is 48.5 Å². The molecule has 3 rings (SSSR count). The van der Waals surface area contributed by atoms with E-state index in [1.807, 2.05) is 30.3 Å². The number of aliphatic hydroxyl groups is 1. The number of fused-ring (bicyclic) bond motifs is 1. The third-order valence-electron chi connectivity index (χ3n) is 4.69. The van der Waals surface area contributed by atoms with E-state index in [2.05, 4.69) is 28.8 Å². The van der Waals surface area contributed by atoms with Crippen molar-refractivity contribution in [2.75, 3.05) is 26.2 Å². The van der Waals surface area contributed by atoms with Crippen molar-refractivity contribution in [1.29, 1.82) is 0 Å². The Kier molecular flexibility index (Phi) is 8.59. The fourth-order valence-corrected chi connectivity index (χ4v) is 3.65. The lowest BCUT2D eigenvalue weighted by atomic mass is 10.0. The van der Waals surface area contributed by atoms with E-state index < -0.39 is 0 Å². The van der Waals surface area contributed by atoms with Gasteiger partial charge in [0.25, 0.3) is 0 Å². The average molecular weight is 433 g/mol. The minimum atomic E-state index is 0.168. The van der Waals surface area contributed by atoms with Crippen LogP contribution in [0.2, 0.25) is 10.0 Å². The van der Waals surface area contributed by atoms with Gasteiger partial charge in [0.05, 0.1) is 6.61 Å².